The summed E-state index contributed by atoms with van der Waals surface area (Å²) in [4.78, 5) is 27.3. The molecule has 0 aliphatic carbocycles. The molecule has 1 aromatic carbocycles. The number of nitrogens with two attached hydrogens (primary N) is 1. The second kappa shape index (κ2) is 6.60. The van der Waals surface area contributed by atoms with Gasteiger partial charge in [-0.25, -0.2) is 4.39 Å². The molecule has 0 bridgehead atoms. The molecule has 0 unspecified atom stereocenters. The fourth-order valence-corrected chi connectivity index (χ4v) is 1.85. The number of nitrogens with zero attached hydrogens (tertiary/aromatic N) is 1. The minimum Gasteiger partial charge on any atom is -0.368 e. The van der Waals surface area contributed by atoms with Crippen LogP contribution in [0.2, 0.25) is 0 Å². The van der Waals surface area contributed by atoms with Crippen LogP contribution in [-0.4, -0.2) is 22.8 Å². The zero-order valence-electron chi connectivity index (χ0n) is 11.1. The highest BCUT2D eigenvalue weighted by Gasteiger charge is 2.20. The van der Waals surface area contributed by atoms with Gasteiger partial charge in [0.1, 0.15) is 17.6 Å². The van der Waals surface area contributed by atoms with Crippen LogP contribution in [0, 0.1) is 5.82 Å². The molecule has 0 spiro atoms. The summed E-state index contributed by atoms with van der Waals surface area (Å²) < 4.78 is 13.1. The lowest BCUT2D eigenvalue weighted by molar-refractivity contribution is -0.119. The van der Waals surface area contributed by atoms with Gasteiger partial charge in [0.05, 0.1) is 0 Å². The summed E-state index contributed by atoms with van der Waals surface area (Å²) >= 11 is 0. The zero-order chi connectivity index (χ0) is 15.2. The molecular weight excluding hydrogens is 273 g/mol. The fourth-order valence-electron chi connectivity index (χ4n) is 1.85. The smallest absolute Gasteiger partial charge is 0.270 e. The second-order valence-corrected chi connectivity index (χ2v) is 4.48. The van der Waals surface area contributed by atoms with Crippen molar-refractivity contribution in [3.63, 3.8) is 0 Å². The number of benzene rings is 1. The van der Waals surface area contributed by atoms with E-state index < -0.39 is 23.7 Å². The van der Waals surface area contributed by atoms with E-state index in [1.54, 1.807) is 18.2 Å². The third kappa shape index (κ3) is 4.10. The highest BCUT2D eigenvalue weighted by Crippen LogP contribution is 2.07. The summed E-state index contributed by atoms with van der Waals surface area (Å²) in [6.07, 6.45) is 1.59. The summed E-state index contributed by atoms with van der Waals surface area (Å²) in [7, 11) is 0. The van der Waals surface area contributed by atoms with Crippen LogP contribution in [0.25, 0.3) is 0 Å². The lowest BCUT2D eigenvalue weighted by atomic mass is 10.1. The van der Waals surface area contributed by atoms with E-state index in [0.29, 0.717) is 5.56 Å². The number of primary amides is 1. The molecule has 2 aromatic rings. The topological polar surface area (TPSA) is 85.1 Å². The SMILES string of the molecule is NC(=O)[C@@H](Cc1cccc(F)c1)NC(=O)c1ccccn1. The van der Waals surface area contributed by atoms with Gasteiger partial charge in [-0.2, -0.15) is 0 Å². The molecule has 1 heterocycles. The summed E-state index contributed by atoms with van der Waals surface area (Å²) in [6.45, 7) is 0. The lowest BCUT2D eigenvalue weighted by Crippen LogP contribution is -2.46. The molecule has 0 aliphatic rings. The molecular formula is C15H14FN3O2. The molecule has 0 saturated carbocycles. The highest BCUT2D eigenvalue weighted by atomic mass is 19.1. The number of carbonyl (C=O) groups excluding carboxylic acids is 2. The van der Waals surface area contributed by atoms with Gasteiger partial charge in [-0.1, -0.05) is 18.2 Å². The van der Waals surface area contributed by atoms with E-state index in [-0.39, 0.29) is 12.1 Å². The molecule has 2 amide bonds. The number of aromatic nitrogens is 1. The predicted octanol–water partition coefficient (Wildman–Crippen LogP) is 1.05. The number of halogens is 1. The Kier molecular flexibility index (Phi) is 4.61. The standard InChI is InChI=1S/C15H14FN3O2/c16-11-5-3-4-10(8-11)9-13(14(17)20)19-15(21)12-6-1-2-7-18-12/h1-8,13H,9H2,(H2,17,20)(H,19,21)/t13-/m1/s1. The Bertz CT molecular complexity index is 646. The Hall–Kier alpha value is -2.76. The monoisotopic (exact) mass is 287 g/mol. The maximum Gasteiger partial charge on any atom is 0.270 e. The molecule has 1 atom stereocenters. The largest absolute Gasteiger partial charge is 0.368 e. The van der Waals surface area contributed by atoms with Crippen molar-refractivity contribution in [1.29, 1.82) is 0 Å². The van der Waals surface area contributed by atoms with Gasteiger partial charge in [-0.15, -0.1) is 0 Å². The predicted molar refractivity (Wildman–Crippen MR) is 74.8 cm³/mol. The van der Waals surface area contributed by atoms with Crippen LogP contribution in [0.15, 0.2) is 48.7 Å². The van der Waals surface area contributed by atoms with Crippen molar-refractivity contribution in [2.75, 3.05) is 0 Å². The molecule has 3 N–H and O–H groups in total. The van der Waals surface area contributed by atoms with Crippen molar-refractivity contribution < 1.29 is 14.0 Å². The second-order valence-electron chi connectivity index (χ2n) is 4.48. The minimum absolute atomic E-state index is 0.117. The van der Waals surface area contributed by atoms with Gasteiger partial charge < -0.3 is 11.1 Å². The van der Waals surface area contributed by atoms with Crippen molar-refractivity contribution in [2.45, 2.75) is 12.5 Å². The van der Waals surface area contributed by atoms with E-state index in [4.69, 9.17) is 5.73 Å². The van der Waals surface area contributed by atoms with Crippen molar-refractivity contribution in [2.24, 2.45) is 5.73 Å². The number of hydrogen-bond acceptors (Lipinski definition) is 3. The van der Waals surface area contributed by atoms with Crippen LogP contribution < -0.4 is 11.1 Å². The lowest BCUT2D eigenvalue weighted by Gasteiger charge is -2.15. The molecule has 5 nitrogen and oxygen atoms in total. The summed E-state index contributed by atoms with van der Waals surface area (Å²) in [5.41, 5.74) is 6.03. The molecule has 6 heteroatoms. The maximum atomic E-state index is 13.1. The molecule has 1 aromatic heterocycles. The van der Waals surface area contributed by atoms with E-state index in [1.807, 2.05) is 0 Å². The maximum absolute atomic E-state index is 13.1. The quantitative estimate of drug-likeness (QED) is 0.862. The van der Waals surface area contributed by atoms with Crippen LogP contribution in [0.4, 0.5) is 4.39 Å². The number of amides is 2. The highest BCUT2D eigenvalue weighted by molar-refractivity contribution is 5.95. The van der Waals surface area contributed by atoms with Gasteiger partial charge in [0, 0.05) is 12.6 Å². The molecule has 108 valence electrons. The van der Waals surface area contributed by atoms with Gasteiger partial charge in [0.15, 0.2) is 0 Å². The number of pyridine rings is 1. The zero-order valence-corrected chi connectivity index (χ0v) is 11.1. The Morgan fingerprint density at radius 3 is 2.67 bits per heavy atom. The van der Waals surface area contributed by atoms with Gasteiger partial charge in [0.25, 0.3) is 5.91 Å². The van der Waals surface area contributed by atoms with Crippen LogP contribution in [0.5, 0.6) is 0 Å². The third-order valence-electron chi connectivity index (χ3n) is 2.88. The van der Waals surface area contributed by atoms with E-state index in [1.165, 1.54) is 30.5 Å². The average molecular weight is 287 g/mol. The first kappa shape index (κ1) is 14.6. The first-order chi connectivity index (χ1) is 10.1. The van der Waals surface area contributed by atoms with E-state index in [0.717, 1.165) is 0 Å². The Morgan fingerprint density at radius 1 is 1.24 bits per heavy atom. The van der Waals surface area contributed by atoms with Crippen molar-refractivity contribution in [1.82, 2.24) is 10.3 Å². The Morgan fingerprint density at radius 2 is 2.05 bits per heavy atom. The van der Waals surface area contributed by atoms with Gasteiger partial charge in [-0.05, 0) is 29.8 Å². The van der Waals surface area contributed by atoms with E-state index in [2.05, 4.69) is 10.3 Å². The number of nitrogens with one attached hydrogen (secondary N) is 1. The number of carbonyl (C=O) groups is 2. The molecule has 0 aliphatic heterocycles. The van der Waals surface area contributed by atoms with E-state index >= 15 is 0 Å². The Labute approximate surface area is 121 Å². The molecule has 0 saturated heterocycles. The molecule has 0 radical (unpaired) electrons. The van der Waals surface area contributed by atoms with Crippen LogP contribution in [-0.2, 0) is 11.2 Å². The number of hydrogen-bond donors (Lipinski definition) is 2. The molecule has 21 heavy (non-hydrogen) atoms. The fraction of sp³-hybridized carbons (Fsp3) is 0.133. The first-order valence-corrected chi connectivity index (χ1v) is 6.32. The first-order valence-electron chi connectivity index (χ1n) is 6.32. The Balaban J connectivity index is 2.09. The number of rotatable bonds is 5. The third-order valence-corrected chi connectivity index (χ3v) is 2.88. The summed E-state index contributed by atoms with van der Waals surface area (Å²) in [5.74, 6) is -1.61. The summed E-state index contributed by atoms with van der Waals surface area (Å²) in [6, 6.07) is 9.72. The van der Waals surface area contributed by atoms with Gasteiger partial charge >= 0.3 is 0 Å². The molecule has 0 fully saturated rings. The minimum atomic E-state index is -0.929. The van der Waals surface area contributed by atoms with E-state index in [9.17, 15) is 14.0 Å². The van der Waals surface area contributed by atoms with Gasteiger partial charge in [-0.3, -0.25) is 14.6 Å². The average Bonchev–Trinajstić information content (AvgIpc) is 2.47. The van der Waals surface area contributed by atoms with Gasteiger partial charge in [0.2, 0.25) is 5.91 Å². The van der Waals surface area contributed by atoms with Crippen molar-refractivity contribution >= 4 is 11.8 Å². The normalized spacial score (nSPS) is 11.7. The van der Waals surface area contributed by atoms with Crippen molar-refractivity contribution in [3.8, 4) is 0 Å². The van der Waals surface area contributed by atoms with Crippen LogP contribution in [0.1, 0.15) is 16.1 Å². The summed E-state index contributed by atoms with van der Waals surface area (Å²) in [5, 5.41) is 2.50. The van der Waals surface area contributed by atoms with Crippen molar-refractivity contribution in [3.05, 3.63) is 65.7 Å². The van der Waals surface area contributed by atoms with Crippen LogP contribution in [0.3, 0.4) is 0 Å². The molecule has 2 rings (SSSR count). The van der Waals surface area contributed by atoms with Crippen LogP contribution >= 0.6 is 0 Å².